The van der Waals surface area contributed by atoms with Gasteiger partial charge in [0.1, 0.15) is 0 Å². The first kappa shape index (κ1) is 14.9. The van der Waals surface area contributed by atoms with Gasteiger partial charge in [0.15, 0.2) is 0 Å². The number of hydrogen-bond acceptors (Lipinski definition) is 2. The molecule has 2 fully saturated rings. The first-order valence-electron chi connectivity index (χ1n) is 8.20. The quantitative estimate of drug-likeness (QED) is 0.729. The van der Waals surface area contributed by atoms with Crippen LogP contribution in [-0.2, 0) is 4.74 Å². The molecule has 0 saturated heterocycles. The van der Waals surface area contributed by atoms with Gasteiger partial charge in [0.25, 0.3) is 0 Å². The molecule has 2 nitrogen and oxygen atoms in total. The molecule has 0 aromatic rings. The van der Waals surface area contributed by atoms with Gasteiger partial charge < -0.3 is 4.74 Å². The lowest BCUT2D eigenvalue weighted by Crippen LogP contribution is -2.19. The van der Waals surface area contributed by atoms with Crippen LogP contribution in [0.1, 0.15) is 64.2 Å². The third kappa shape index (κ3) is 4.80. The van der Waals surface area contributed by atoms with Crippen LogP contribution in [0.3, 0.4) is 0 Å². The number of rotatable bonds is 5. The van der Waals surface area contributed by atoms with Crippen molar-refractivity contribution in [3.63, 3.8) is 0 Å². The van der Waals surface area contributed by atoms with Gasteiger partial charge in [-0.15, -0.1) is 0 Å². The molecule has 2 heteroatoms. The predicted molar refractivity (Wildman–Crippen MR) is 77.6 cm³/mol. The molecule has 2 saturated carbocycles. The fourth-order valence-electron chi connectivity index (χ4n) is 3.97. The van der Waals surface area contributed by atoms with Crippen LogP contribution in [-0.4, -0.2) is 13.7 Å². The Bertz CT molecular complexity index is 280. The van der Waals surface area contributed by atoms with Crippen LogP contribution in [0, 0.1) is 35.0 Å². The largest absolute Gasteiger partial charge is 0.384 e. The molecule has 0 atom stereocenters. The number of ether oxygens (including phenoxy) is 1. The number of nitrogens with zero attached hydrogens (tertiary/aromatic N) is 1. The molecule has 108 valence electrons. The predicted octanol–water partition coefficient (Wildman–Crippen LogP) is 4.55. The van der Waals surface area contributed by atoms with Crippen LogP contribution in [0.2, 0.25) is 0 Å². The molecule has 0 aromatic carbocycles. The van der Waals surface area contributed by atoms with Crippen molar-refractivity contribution >= 4 is 0 Å². The molecule has 2 aliphatic rings. The molecule has 0 bridgehead atoms. The van der Waals surface area contributed by atoms with E-state index in [0.29, 0.717) is 5.92 Å². The van der Waals surface area contributed by atoms with Crippen LogP contribution >= 0.6 is 0 Å². The molecule has 0 heterocycles. The lowest BCUT2D eigenvalue weighted by Gasteiger charge is -2.30. The van der Waals surface area contributed by atoms with E-state index in [2.05, 4.69) is 6.07 Å². The lowest BCUT2D eigenvalue weighted by molar-refractivity contribution is 0.115. The highest BCUT2D eigenvalue weighted by molar-refractivity contribution is 4.87. The molecule has 0 aliphatic heterocycles. The van der Waals surface area contributed by atoms with E-state index in [1.807, 2.05) is 7.11 Å². The van der Waals surface area contributed by atoms with Crippen molar-refractivity contribution in [2.24, 2.45) is 23.7 Å². The standard InChI is InChI=1S/C17H29NO/c1-19-13-17-10-6-15(7-11-17)3-2-14-4-8-16(12-18)9-5-14/h14-17H,2-11,13H2,1H3/t14-,15-,16-,17-. The SMILES string of the molecule is COC[C@H]1CC[C@H](CC[C@H]2CC[C@H](C#N)CC2)CC1. The van der Waals surface area contributed by atoms with E-state index >= 15 is 0 Å². The van der Waals surface area contributed by atoms with Gasteiger partial charge in [-0.3, -0.25) is 0 Å². The average Bonchev–Trinajstić information content (AvgIpc) is 2.47. The summed E-state index contributed by atoms with van der Waals surface area (Å²) in [5.74, 6) is 3.08. The smallest absolute Gasteiger partial charge is 0.0655 e. The Kier molecular flexibility index (Phi) is 6.17. The van der Waals surface area contributed by atoms with E-state index < -0.39 is 0 Å². The Balaban J connectivity index is 1.58. The highest BCUT2D eigenvalue weighted by atomic mass is 16.5. The topological polar surface area (TPSA) is 33.0 Å². The second kappa shape index (κ2) is 7.90. The zero-order valence-electron chi connectivity index (χ0n) is 12.4. The van der Waals surface area contributed by atoms with Crippen LogP contribution in [0.4, 0.5) is 0 Å². The maximum atomic E-state index is 8.92. The maximum absolute atomic E-state index is 8.92. The summed E-state index contributed by atoms with van der Waals surface area (Å²) >= 11 is 0. The minimum Gasteiger partial charge on any atom is -0.384 e. The number of hydrogen-bond donors (Lipinski definition) is 0. The van der Waals surface area contributed by atoms with Gasteiger partial charge in [0.2, 0.25) is 0 Å². The average molecular weight is 263 g/mol. The summed E-state index contributed by atoms with van der Waals surface area (Å²) in [4.78, 5) is 0. The molecule has 2 aliphatic carbocycles. The van der Waals surface area contributed by atoms with E-state index in [0.717, 1.165) is 37.2 Å². The Morgan fingerprint density at radius 1 is 0.842 bits per heavy atom. The lowest BCUT2D eigenvalue weighted by atomic mass is 9.76. The number of methoxy groups -OCH3 is 1. The van der Waals surface area contributed by atoms with E-state index in [4.69, 9.17) is 10.00 Å². The van der Waals surface area contributed by atoms with Crippen LogP contribution in [0.25, 0.3) is 0 Å². The van der Waals surface area contributed by atoms with E-state index in [1.165, 1.54) is 51.4 Å². The van der Waals surface area contributed by atoms with Crippen molar-refractivity contribution in [3.05, 3.63) is 0 Å². The van der Waals surface area contributed by atoms with Gasteiger partial charge >= 0.3 is 0 Å². The monoisotopic (exact) mass is 263 g/mol. The van der Waals surface area contributed by atoms with Crippen LogP contribution in [0.15, 0.2) is 0 Å². The zero-order chi connectivity index (χ0) is 13.5. The van der Waals surface area contributed by atoms with Gasteiger partial charge in [0.05, 0.1) is 6.07 Å². The van der Waals surface area contributed by atoms with E-state index in [-0.39, 0.29) is 0 Å². The summed E-state index contributed by atoms with van der Waals surface area (Å²) < 4.78 is 5.27. The van der Waals surface area contributed by atoms with Gasteiger partial charge in [0, 0.05) is 19.6 Å². The summed E-state index contributed by atoms with van der Waals surface area (Å²) in [7, 11) is 1.82. The molecule has 0 amide bonds. The van der Waals surface area contributed by atoms with Crippen molar-refractivity contribution in [3.8, 4) is 6.07 Å². The number of nitriles is 1. The van der Waals surface area contributed by atoms with Crippen molar-refractivity contribution in [2.75, 3.05) is 13.7 Å². The fourth-order valence-corrected chi connectivity index (χ4v) is 3.97. The molecule has 0 unspecified atom stereocenters. The first-order valence-corrected chi connectivity index (χ1v) is 8.20. The third-order valence-corrected chi connectivity index (χ3v) is 5.38. The minimum atomic E-state index is 0.362. The van der Waals surface area contributed by atoms with Crippen molar-refractivity contribution in [2.45, 2.75) is 64.2 Å². The molecule has 19 heavy (non-hydrogen) atoms. The molecule has 2 rings (SSSR count). The summed E-state index contributed by atoms with van der Waals surface area (Å²) in [5.41, 5.74) is 0. The molecule has 0 radical (unpaired) electrons. The van der Waals surface area contributed by atoms with E-state index in [1.54, 1.807) is 0 Å². The normalized spacial score (nSPS) is 35.8. The maximum Gasteiger partial charge on any atom is 0.0655 e. The van der Waals surface area contributed by atoms with Gasteiger partial charge in [-0.25, -0.2) is 0 Å². The Hall–Kier alpha value is -0.550. The van der Waals surface area contributed by atoms with Crippen molar-refractivity contribution in [1.82, 2.24) is 0 Å². The highest BCUT2D eigenvalue weighted by Crippen LogP contribution is 2.36. The fraction of sp³-hybridized carbons (Fsp3) is 0.941. The van der Waals surface area contributed by atoms with Crippen LogP contribution < -0.4 is 0 Å². The molecular weight excluding hydrogens is 234 g/mol. The van der Waals surface area contributed by atoms with Gasteiger partial charge in [-0.2, -0.15) is 5.26 Å². The summed E-state index contributed by atoms with van der Waals surface area (Å²) in [6, 6.07) is 2.43. The second-order valence-corrected chi connectivity index (χ2v) is 6.77. The van der Waals surface area contributed by atoms with Gasteiger partial charge in [-0.05, 0) is 56.3 Å². The zero-order valence-corrected chi connectivity index (χ0v) is 12.4. The molecule has 0 spiro atoms. The van der Waals surface area contributed by atoms with E-state index in [9.17, 15) is 0 Å². The van der Waals surface area contributed by atoms with Crippen molar-refractivity contribution in [1.29, 1.82) is 5.26 Å². The van der Waals surface area contributed by atoms with Crippen molar-refractivity contribution < 1.29 is 4.74 Å². The minimum absolute atomic E-state index is 0.362. The summed E-state index contributed by atoms with van der Waals surface area (Å²) in [5, 5.41) is 8.92. The third-order valence-electron chi connectivity index (χ3n) is 5.38. The Morgan fingerprint density at radius 3 is 1.79 bits per heavy atom. The molecule has 0 N–H and O–H groups in total. The second-order valence-electron chi connectivity index (χ2n) is 6.77. The molecular formula is C17H29NO. The first-order chi connectivity index (χ1) is 9.31. The highest BCUT2D eigenvalue weighted by Gasteiger charge is 2.24. The van der Waals surface area contributed by atoms with Gasteiger partial charge in [-0.1, -0.05) is 25.7 Å². The Morgan fingerprint density at radius 2 is 1.32 bits per heavy atom. The molecule has 0 aromatic heterocycles. The Labute approximate surface area is 118 Å². The van der Waals surface area contributed by atoms with Crippen LogP contribution in [0.5, 0.6) is 0 Å². The summed E-state index contributed by atoms with van der Waals surface area (Å²) in [6.07, 6.45) is 13.3. The summed E-state index contributed by atoms with van der Waals surface area (Å²) in [6.45, 7) is 0.963.